The topological polar surface area (TPSA) is 74.8 Å². The van der Waals surface area contributed by atoms with Crippen LogP contribution in [0.2, 0.25) is 0 Å². The lowest BCUT2D eigenvalue weighted by Gasteiger charge is -2.50. The summed E-state index contributed by atoms with van der Waals surface area (Å²) in [5, 5.41) is 0. The summed E-state index contributed by atoms with van der Waals surface area (Å²) in [4.78, 5) is 50.1. The summed E-state index contributed by atoms with van der Waals surface area (Å²) < 4.78 is 0. The minimum Gasteiger partial charge on any atom is -0.322 e. The van der Waals surface area contributed by atoms with Gasteiger partial charge in [0, 0.05) is 14.1 Å². The molecule has 0 saturated heterocycles. The molecule has 1 rings (SSSR count). The molecule has 6 nitrogen and oxygen atoms in total. The van der Waals surface area contributed by atoms with Gasteiger partial charge in [0.2, 0.25) is 11.8 Å². The maximum atomic E-state index is 12.3. The number of hydrogen-bond donors (Lipinski definition) is 0. The SMILES string of the molecule is CC(=O)CC(=O)N(C)C1(N(C)C(=O)CC(C)=O)CCCCC1. The summed E-state index contributed by atoms with van der Waals surface area (Å²) in [7, 11) is 3.29. The summed E-state index contributed by atoms with van der Waals surface area (Å²) >= 11 is 0. The standard InChI is InChI=1S/C16H26N2O4/c1-12(19)10-14(21)17(3)16(8-6-5-7-9-16)18(4)15(22)11-13(2)20/h5-11H2,1-4H3. The lowest BCUT2D eigenvalue weighted by molar-refractivity contribution is -0.159. The van der Waals surface area contributed by atoms with Crippen molar-refractivity contribution in [2.75, 3.05) is 14.1 Å². The van der Waals surface area contributed by atoms with Gasteiger partial charge in [-0.2, -0.15) is 0 Å². The summed E-state index contributed by atoms with van der Waals surface area (Å²) in [5.41, 5.74) is -0.725. The van der Waals surface area contributed by atoms with Crippen LogP contribution >= 0.6 is 0 Å². The molecular formula is C16H26N2O4. The molecule has 0 aromatic carbocycles. The Labute approximate surface area is 131 Å². The van der Waals surface area contributed by atoms with Crippen molar-refractivity contribution in [2.45, 2.75) is 64.5 Å². The summed E-state index contributed by atoms with van der Waals surface area (Å²) in [6, 6.07) is 0. The third kappa shape index (κ3) is 4.15. The van der Waals surface area contributed by atoms with Crippen molar-refractivity contribution in [3.63, 3.8) is 0 Å². The van der Waals surface area contributed by atoms with E-state index in [0.717, 1.165) is 19.3 Å². The van der Waals surface area contributed by atoms with E-state index in [1.165, 1.54) is 23.6 Å². The first-order chi connectivity index (χ1) is 10.2. The van der Waals surface area contributed by atoms with E-state index in [1.807, 2.05) is 0 Å². The molecule has 2 amide bonds. The molecule has 0 heterocycles. The maximum Gasteiger partial charge on any atom is 0.231 e. The van der Waals surface area contributed by atoms with Crippen LogP contribution in [0.4, 0.5) is 0 Å². The van der Waals surface area contributed by atoms with Crippen molar-refractivity contribution in [2.24, 2.45) is 0 Å². The molecule has 0 atom stereocenters. The second kappa shape index (κ2) is 7.51. The van der Waals surface area contributed by atoms with Gasteiger partial charge in [0.05, 0.1) is 12.8 Å². The van der Waals surface area contributed by atoms with Crippen molar-refractivity contribution in [3.05, 3.63) is 0 Å². The number of carbonyl (C=O) groups excluding carboxylic acids is 4. The predicted molar refractivity (Wildman–Crippen MR) is 82.0 cm³/mol. The molecule has 0 aliphatic heterocycles. The minimum absolute atomic E-state index is 0.160. The molecule has 6 heteroatoms. The Balaban J connectivity index is 3.03. The number of carbonyl (C=O) groups is 4. The van der Waals surface area contributed by atoms with E-state index in [4.69, 9.17) is 0 Å². The number of ketones is 2. The molecule has 1 aliphatic carbocycles. The molecular weight excluding hydrogens is 284 g/mol. The number of Topliss-reactive ketones (excluding diaryl/α,β-unsaturated/α-hetero) is 2. The van der Waals surface area contributed by atoms with E-state index in [9.17, 15) is 19.2 Å². The first kappa shape index (κ1) is 18.3. The zero-order chi connectivity index (χ0) is 16.9. The second-order valence-electron chi connectivity index (χ2n) is 6.21. The largest absolute Gasteiger partial charge is 0.322 e. The fourth-order valence-corrected chi connectivity index (χ4v) is 3.14. The van der Waals surface area contributed by atoms with Crippen LogP contribution in [0.5, 0.6) is 0 Å². The summed E-state index contributed by atoms with van der Waals surface area (Å²) in [6.45, 7) is 2.76. The van der Waals surface area contributed by atoms with Gasteiger partial charge >= 0.3 is 0 Å². The van der Waals surface area contributed by atoms with Gasteiger partial charge in [-0.25, -0.2) is 0 Å². The quantitative estimate of drug-likeness (QED) is 0.551. The smallest absolute Gasteiger partial charge is 0.231 e. The van der Waals surface area contributed by atoms with Gasteiger partial charge in [0.25, 0.3) is 0 Å². The van der Waals surface area contributed by atoms with Gasteiger partial charge in [0.15, 0.2) is 0 Å². The highest BCUT2D eigenvalue weighted by molar-refractivity contribution is 5.98. The molecule has 1 fully saturated rings. The molecule has 0 radical (unpaired) electrons. The molecule has 0 aromatic heterocycles. The zero-order valence-electron chi connectivity index (χ0n) is 14.0. The number of amides is 2. The third-order valence-electron chi connectivity index (χ3n) is 4.45. The van der Waals surface area contributed by atoms with Gasteiger partial charge in [-0.15, -0.1) is 0 Å². The van der Waals surface area contributed by atoms with Crippen LogP contribution in [0, 0.1) is 0 Å². The van der Waals surface area contributed by atoms with Gasteiger partial charge in [0.1, 0.15) is 17.2 Å². The van der Waals surface area contributed by atoms with E-state index >= 15 is 0 Å². The van der Waals surface area contributed by atoms with E-state index < -0.39 is 5.66 Å². The molecule has 22 heavy (non-hydrogen) atoms. The highest BCUT2D eigenvalue weighted by Gasteiger charge is 2.44. The summed E-state index contributed by atoms with van der Waals surface area (Å²) in [5.74, 6) is -0.949. The first-order valence-electron chi connectivity index (χ1n) is 7.73. The van der Waals surface area contributed by atoms with Crippen LogP contribution in [0.3, 0.4) is 0 Å². The van der Waals surface area contributed by atoms with Crippen LogP contribution in [0.1, 0.15) is 58.8 Å². The lowest BCUT2D eigenvalue weighted by atomic mass is 9.86. The van der Waals surface area contributed by atoms with Crippen LogP contribution in [0.15, 0.2) is 0 Å². The Kier molecular flexibility index (Phi) is 6.26. The lowest BCUT2D eigenvalue weighted by Crippen LogP contribution is -2.62. The van der Waals surface area contributed by atoms with Gasteiger partial charge < -0.3 is 9.80 Å². The third-order valence-corrected chi connectivity index (χ3v) is 4.45. The molecule has 0 N–H and O–H groups in total. The van der Waals surface area contributed by atoms with E-state index in [2.05, 4.69) is 0 Å². The van der Waals surface area contributed by atoms with Crippen molar-refractivity contribution < 1.29 is 19.2 Å². The van der Waals surface area contributed by atoms with Crippen LogP contribution in [-0.2, 0) is 19.2 Å². The Hall–Kier alpha value is -1.72. The number of nitrogens with zero attached hydrogens (tertiary/aromatic N) is 2. The number of hydrogen-bond acceptors (Lipinski definition) is 4. The Morgan fingerprint density at radius 3 is 1.45 bits per heavy atom. The van der Waals surface area contributed by atoms with Crippen molar-refractivity contribution in [3.8, 4) is 0 Å². The average Bonchev–Trinajstić information content (AvgIpc) is 2.44. The van der Waals surface area contributed by atoms with E-state index in [-0.39, 0.29) is 36.2 Å². The van der Waals surface area contributed by atoms with Crippen LogP contribution in [0.25, 0.3) is 0 Å². The second-order valence-corrected chi connectivity index (χ2v) is 6.21. The monoisotopic (exact) mass is 310 g/mol. The Morgan fingerprint density at radius 1 is 0.773 bits per heavy atom. The highest BCUT2D eigenvalue weighted by atomic mass is 16.2. The molecule has 0 aromatic rings. The number of rotatable bonds is 6. The molecule has 1 aliphatic rings. The van der Waals surface area contributed by atoms with Crippen LogP contribution < -0.4 is 0 Å². The highest BCUT2D eigenvalue weighted by Crippen LogP contribution is 2.36. The molecule has 0 spiro atoms. The Morgan fingerprint density at radius 2 is 1.14 bits per heavy atom. The van der Waals surface area contributed by atoms with Crippen molar-refractivity contribution in [1.82, 2.24) is 9.80 Å². The minimum atomic E-state index is -0.725. The predicted octanol–water partition coefficient (Wildman–Crippen LogP) is 1.52. The normalized spacial score (nSPS) is 16.7. The molecule has 1 saturated carbocycles. The zero-order valence-corrected chi connectivity index (χ0v) is 14.0. The fraction of sp³-hybridized carbons (Fsp3) is 0.750. The first-order valence-corrected chi connectivity index (χ1v) is 7.73. The van der Waals surface area contributed by atoms with Gasteiger partial charge in [-0.1, -0.05) is 6.42 Å². The molecule has 0 unspecified atom stereocenters. The average molecular weight is 310 g/mol. The Bertz CT molecular complexity index is 431. The summed E-state index contributed by atoms with van der Waals surface area (Å²) in [6.07, 6.45) is 3.91. The van der Waals surface area contributed by atoms with Crippen molar-refractivity contribution in [1.29, 1.82) is 0 Å². The van der Waals surface area contributed by atoms with Crippen LogP contribution in [-0.4, -0.2) is 52.9 Å². The van der Waals surface area contributed by atoms with E-state index in [0.29, 0.717) is 12.8 Å². The van der Waals surface area contributed by atoms with Gasteiger partial charge in [-0.05, 0) is 39.5 Å². The van der Waals surface area contributed by atoms with Crippen molar-refractivity contribution >= 4 is 23.4 Å². The molecule has 0 bridgehead atoms. The van der Waals surface area contributed by atoms with E-state index in [1.54, 1.807) is 14.1 Å². The van der Waals surface area contributed by atoms with Gasteiger partial charge in [-0.3, -0.25) is 19.2 Å². The fourth-order valence-electron chi connectivity index (χ4n) is 3.14. The molecule has 124 valence electrons. The maximum absolute atomic E-state index is 12.3.